The smallest absolute Gasteiger partial charge is 0.0995 e. The summed E-state index contributed by atoms with van der Waals surface area (Å²) in [5.74, 6) is 0.601. The molecule has 0 amide bonds. The normalized spacial score (nSPS) is 22.3. The maximum absolute atomic E-state index is 9.04. The minimum atomic E-state index is 0.270. The zero-order valence-corrected chi connectivity index (χ0v) is 10.3. The van der Waals surface area contributed by atoms with E-state index in [1.807, 2.05) is 24.3 Å². The van der Waals surface area contributed by atoms with E-state index >= 15 is 0 Å². The van der Waals surface area contributed by atoms with Gasteiger partial charge in [0.15, 0.2) is 0 Å². The first kappa shape index (κ1) is 12.1. The highest BCUT2D eigenvalue weighted by Crippen LogP contribution is 2.21. The van der Waals surface area contributed by atoms with Gasteiger partial charge in [0.05, 0.1) is 11.6 Å². The fourth-order valence-corrected chi connectivity index (χ4v) is 2.44. The molecule has 1 aliphatic heterocycles. The van der Waals surface area contributed by atoms with E-state index < -0.39 is 0 Å². The van der Waals surface area contributed by atoms with Gasteiger partial charge in [-0.25, -0.2) is 0 Å². The molecule has 1 saturated heterocycles. The van der Waals surface area contributed by atoms with Crippen molar-refractivity contribution < 1.29 is 0 Å². The maximum atomic E-state index is 9.04. The van der Waals surface area contributed by atoms with E-state index in [1.54, 1.807) is 0 Å². The highest BCUT2D eigenvalue weighted by atomic mass is 15.1. The Labute approximate surface area is 103 Å². The monoisotopic (exact) mass is 229 g/mol. The highest BCUT2D eigenvalue weighted by Gasteiger charge is 2.25. The standard InChI is InChI=1S/C14H19N3/c1-11(16)13-6-7-17(9-13)10-14-5-3-2-4-12(14)8-15/h2-5,11,13H,6-7,9-10,16H2,1H3. The number of hydrogen-bond acceptors (Lipinski definition) is 3. The first-order valence-corrected chi connectivity index (χ1v) is 6.16. The maximum Gasteiger partial charge on any atom is 0.0995 e. The molecule has 0 spiro atoms. The molecule has 17 heavy (non-hydrogen) atoms. The van der Waals surface area contributed by atoms with Gasteiger partial charge in [0.2, 0.25) is 0 Å². The van der Waals surface area contributed by atoms with E-state index in [0.717, 1.165) is 30.8 Å². The first-order chi connectivity index (χ1) is 8.20. The number of rotatable bonds is 3. The third-order valence-electron chi connectivity index (χ3n) is 3.58. The van der Waals surface area contributed by atoms with Gasteiger partial charge in [0.1, 0.15) is 0 Å². The van der Waals surface area contributed by atoms with Gasteiger partial charge in [-0.3, -0.25) is 4.90 Å². The topological polar surface area (TPSA) is 53.0 Å². The average Bonchev–Trinajstić information content (AvgIpc) is 2.78. The van der Waals surface area contributed by atoms with Crippen LogP contribution in [0.5, 0.6) is 0 Å². The second-order valence-electron chi connectivity index (χ2n) is 4.91. The van der Waals surface area contributed by atoms with Gasteiger partial charge in [0, 0.05) is 19.1 Å². The summed E-state index contributed by atoms with van der Waals surface area (Å²) in [7, 11) is 0. The SMILES string of the molecule is CC(N)C1CCN(Cc2ccccc2C#N)C1. The van der Waals surface area contributed by atoms with Crippen LogP contribution in [0.4, 0.5) is 0 Å². The van der Waals surface area contributed by atoms with Crippen LogP contribution in [0.25, 0.3) is 0 Å². The van der Waals surface area contributed by atoms with Gasteiger partial charge in [-0.1, -0.05) is 18.2 Å². The van der Waals surface area contributed by atoms with Crippen LogP contribution in [0.1, 0.15) is 24.5 Å². The van der Waals surface area contributed by atoms with Crippen molar-refractivity contribution in [3.8, 4) is 6.07 Å². The zero-order valence-electron chi connectivity index (χ0n) is 10.3. The predicted octanol–water partition coefficient (Wildman–Crippen LogP) is 1.73. The Kier molecular flexibility index (Phi) is 3.78. The lowest BCUT2D eigenvalue weighted by atomic mass is 10.0. The molecule has 90 valence electrons. The lowest BCUT2D eigenvalue weighted by molar-refractivity contribution is 0.308. The van der Waals surface area contributed by atoms with E-state index in [-0.39, 0.29) is 6.04 Å². The summed E-state index contributed by atoms with van der Waals surface area (Å²) in [6.45, 7) is 5.09. The molecule has 3 heteroatoms. The van der Waals surface area contributed by atoms with Gasteiger partial charge >= 0.3 is 0 Å². The van der Waals surface area contributed by atoms with Gasteiger partial charge in [0.25, 0.3) is 0 Å². The van der Waals surface area contributed by atoms with Crippen LogP contribution >= 0.6 is 0 Å². The third kappa shape index (κ3) is 2.85. The van der Waals surface area contributed by atoms with E-state index in [9.17, 15) is 0 Å². The molecule has 1 fully saturated rings. The Balaban J connectivity index is 2.01. The van der Waals surface area contributed by atoms with E-state index in [1.165, 1.54) is 6.42 Å². The van der Waals surface area contributed by atoms with Crippen molar-refractivity contribution in [3.63, 3.8) is 0 Å². The molecule has 2 atom stereocenters. The lowest BCUT2D eigenvalue weighted by Crippen LogP contribution is -2.29. The van der Waals surface area contributed by atoms with Gasteiger partial charge < -0.3 is 5.73 Å². The molecule has 2 N–H and O–H groups in total. The van der Waals surface area contributed by atoms with E-state index in [4.69, 9.17) is 11.0 Å². The second kappa shape index (κ2) is 5.31. The fraction of sp³-hybridized carbons (Fsp3) is 0.500. The van der Waals surface area contributed by atoms with Crippen LogP contribution in [-0.4, -0.2) is 24.0 Å². The largest absolute Gasteiger partial charge is 0.328 e. The molecule has 0 radical (unpaired) electrons. The van der Waals surface area contributed by atoms with Crippen molar-refractivity contribution >= 4 is 0 Å². The quantitative estimate of drug-likeness (QED) is 0.858. The number of nitriles is 1. The summed E-state index contributed by atoms with van der Waals surface area (Å²) in [5, 5.41) is 9.04. The number of likely N-dealkylation sites (tertiary alicyclic amines) is 1. The molecule has 2 rings (SSSR count). The molecule has 1 aliphatic rings. The van der Waals surface area contributed by atoms with Crippen LogP contribution in [-0.2, 0) is 6.54 Å². The van der Waals surface area contributed by atoms with Crippen molar-refractivity contribution in [2.45, 2.75) is 25.9 Å². The predicted molar refractivity (Wildman–Crippen MR) is 68.2 cm³/mol. The number of hydrogen-bond donors (Lipinski definition) is 1. The first-order valence-electron chi connectivity index (χ1n) is 6.16. The zero-order chi connectivity index (χ0) is 12.3. The molecular formula is C14H19N3. The molecule has 3 nitrogen and oxygen atoms in total. The van der Waals surface area contributed by atoms with Crippen molar-refractivity contribution in [1.29, 1.82) is 5.26 Å². The van der Waals surface area contributed by atoms with Crippen LogP contribution in [0, 0.1) is 17.2 Å². The van der Waals surface area contributed by atoms with Crippen molar-refractivity contribution in [2.24, 2.45) is 11.7 Å². The molecular weight excluding hydrogens is 210 g/mol. The minimum absolute atomic E-state index is 0.270. The van der Waals surface area contributed by atoms with Gasteiger partial charge in [-0.05, 0) is 37.4 Å². The molecule has 1 heterocycles. The van der Waals surface area contributed by atoms with E-state index in [2.05, 4.69) is 17.9 Å². The summed E-state index contributed by atoms with van der Waals surface area (Å²) in [4.78, 5) is 2.39. The average molecular weight is 229 g/mol. The van der Waals surface area contributed by atoms with Crippen LogP contribution in [0.15, 0.2) is 24.3 Å². The number of nitrogens with zero attached hydrogens (tertiary/aromatic N) is 2. The van der Waals surface area contributed by atoms with Crippen LogP contribution in [0.3, 0.4) is 0 Å². The Bertz CT molecular complexity index is 420. The lowest BCUT2D eigenvalue weighted by Gasteiger charge is -2.18. The molecule has 0 aromatic heterocycles. The highest BCUT2D eigenvalue weighted by molar-refractivity contribution is 5.37. The minimum Gasteiger partial charge on any atom is -0.328 e. The van der Waals surface area contributed by atoms with Crippen molar-refractivity contribution in [3.05, 3.63) is 35.4 Å². The van der Waals surface area contributed by atoms with Gasteiger partial charge in [-0.15, -0.1) is 0 Å². The molecule has 0 bridgehead atoms. The Morgan fingerprint density at radius 1 is 1.53 bits per heavy atom. The Hall–Kier alpha value is -1.37. The molecule has 0 aliphatic carbocycles. The summed E-state index contributed by atoms with van der Waals surface area (Å²) in [5.41, 5.74) is 7.84. The summed E-state index contributed by atoms with van der Waals surface area (Å²) >= 11 is 0. The molecule has 1 aromatic rings. The van der Waals surface area contributed by atoms with Crippen molar-refractivity contribution in [1.82, 2.24) is 4.90 Å². The van der Waals surface area contributed by atoms with Crippen LogP contribution < -0.4 is 5.73 Å². The fourth-order valence-electron chi connectivity index (χ4n) is 2.44. The third-order valence-corrected chi connectivity index (χ3v) is 3.58. The number of benzene rings is 1. The summed E-state index contributed by atoms with van der Waals surface area (Å²) in [6, 6.07) is 10.4. The van der Waals surface area contributed by atoms with Crippen LogP contribution in [0.2, 0.25) is 0 Å². The van der Waals surface area contributed by atoms with E-state index in [0.29, 0.717) is 5.92 Å². The summed E-state index contributed by atoms with van der Waals surface area (Å²) in [6.07, 6.45) is 1.17. The second-order valence-corrected chi connectivity index (χ2v) is 4.91. The molecule has 2 unspecified atom stereocenters. The Morgan fingerprint density at radius 3 is 2.94 bits per heavy atom. The molecule has 0 saturated carbocycles. The summed E-state index contributed by atoms with van der Waals surface area (Å²) < 4.78 is 0. The Morgan fingerprint density at radius 2 is 2.29 bits per heavy atom. The number of nitrogens with two attached hydrogens (primary N) is 1. The van der Waals surface area contributed by atoms with Gasteiger partial charge in [-0.2, -0.15) is 5.26 Å². The van der Waals surface area contributed by atoms with Crippen molar-refractivity contribution in [2.75, 3.05) is 13.1 Å². The molecule has 1 aromatic carbocycles.